The number of benzene rings is 1. The summed E-state index contributed by atoms with van der Waals surface area (Å²) in [5.74, 6) is 0.245. The Labute approximate surface area is 130 Å². The third kappa shape index (κ3) is 2.80. The van der Waals surface area contributed by atoms with E-state index >= 15 is 0 Å². The molecule has 22 heavy (non-hydrogen) atoms. The summed E-state index contributed by atoms with van der Waals surface area (Å²) >= 11 is 0. The number of ether oxygens (including phenoxy) is 1. The molecule has 1 aliphatic carbocycles. The topological polar surface area (TPSA) is 67.4 Å². The van der Waals surface area contributed by atoms with Crippen molar-refractivity contribution in [3.8, 4) is 5.75 Å². The molecule has 2 amide bonds. The van der Waals surface area contributed by atoms with Gasteiger partial charge in [-0.05, 0) is 37.8 Å². The number of carbonyl (C=O) groups is 2. The van der Waals surface area contributed by atoms with E-state index in [1.54, 1.807) is 12.1 Å². The molecule has 0 radical (unpaired) electrons. The van der Waals surface area contributed by atoms with Gasteiger partial charge in [0.25, 0.3) is 17.4 Å². The van der Waals surface area contributed by atoms with Gasteiger partial charge in [0.2, 0.25) is 0 Å². The Morgan fingerprint density at radius 3 is 2.82 bits per heavy atom. The quantitative estimate of drug-likeness (QED) is 0.843. The molecule has 118 valence electrons. The molecule has 1 unspecified atom stereocenters. The molecular weight excluding hydrogens is 280 g/mol. The minimum Gasteiger partial charge on any atom is -0.466 e. The average molecular weight is 302 g/mol. The Morgan fingerprint density at radius 2 is 2.05 bits per heavy atom. The molecule has 5 nitrogen and oxygen atoms in total. The number of fused-ring (bicyclic) bond motifs is 1. The third-order valence-electron chi connectivity index (χ3n) is 4.59. The number of hydrogen-bond donors (Lipinski definition) is 2. The highest BCUT2D eigenvalue weighted by Crippen LogP contribution is 2.33. The lowest BCUT2D eigenvalue weighted by Crippen LogP contribution is -2.59. The maximum Gasteiger partial charge on any atom is 0.278 e. The second-order valence-electron chi connectivity index (χ2n) is 6.30. The summed E-state index contributed by atoms with van der Waals surface area (Å²) in [5.41, 5.74) is -0.909. The van der Waals surface area contributed by atoms with Gasteiger partial charge in [-0.15, -0.1) is 0 Å². The van der Waals surface area contributed by atoms with Gasteiger partial charge in [0.1, 0.15) is 5.75 Å². The van der Waals surface area contributed by atoms with Crippen LogP contribution in [0.15, 0.2) is 24.3 Å². The summed E-state index contributed by atoms with van der Waals surface area (Å²) < 4.78 is 5.71. The summed E-state index contributed by atoms with van der Waals surface area (Å²) in [6, 6.07) is 7.14. The molecule has 0 bridgehead atoms. The highest BCUT2D eigenvalue weighted by atomic mass is 16.5. The molecule has 1 heterocycles. The van der Waals surface area contributed by atoms with E-state index in [4.69, 9.17) is 4.74 Å². The zero-order valence-corrected chi connectivity index (χ0v) is 12.9. The van der Waals surface area contributed by atoms with E-state index < -0.39 is 11.5 Å². The molecule has 1 aromatic carbocycles. The molecule has 2 N–H and O–H groups in total. The lowest BCUT2D eigenvalue weighted by Gasteiger charge is -2.33. The Morgan fingerprint density at radius 1 is 1.32 bits per heavy atom. The summed E-state index contributed by atoms with van der Waals surface area (Å²) in [6.07, 6.45) is 6.02. The van der Waals surface area contributed by atoms with Crippen LogP contribution in [0.1, 0.15) is 39.0 Å². The summed E-state index contributed by atoms with van der Waals surface area (Å²) in [6.45, 7) is 2.14. The van der Waals surface area contributed by atoms with Crippen LogP contribution in [0.2, 0.25) is 0 Å². The normalized spacial score (nSPS) is 24.9. The van der Waals surface area contributed by atoms with Gasteiger partial charge in [-0.3, -0.25) is 9.59 Å². The van der Waals surface area contributed by atoms with Crippen LogP contribution < -0.4 is 15.4 Å². The molecule has 0 spiro atoms. The van der Waals surface area contributed by atoms with Crippen LogP contribution in [0, 0.1) is 5.92 Å². The summed E-state index contributed by atoms with van der Waals surface area (Å²) in [4.78, 5) is 24.8. The SMILES string of the molecule is CC1(C(=O)NCC2CCCCC2)Oc2ccccc2NC1=O. The first kappa shape index (κ1) is 14.9. The van der Waals surface area contributed by atoms with Gasteiger partial charge in [-0.1, -0.05) is 31.4 Å². The zero-order chi connectivity index (χ0) is 15.6. The van der Waals surface area contributed by atoms with E-state index in [2.05, 4.69) is 10.6 Å². The van der Waals surface area contributed by atoms with Gasteiger partial charge in [0.15, 0.2) is 0 Å². The second kappa shape index (κ2) is 5.99. The number of carbonyl (C=O) groups excluding carboxylic acids is 2. The fourth-order valence-corrected chi connectivity index (χ4v) is 3.11. The first-order valence-electron chi connectivity index (χ1n) is 7.97. The van der Waals surface area contributed by atoms with Crippen LogP contribution in [-0.2, 0) is 9.59 Å². The van der Waals surface area contributed by atoms with Crippen LogP contribution >= 0.6 is 0 Å². The highest BCUT2D eigenvalue weighted by Gasteiger charge is 2.47. The number of anilines is 1. The number of nitrogens with one attached hydrogen (secondary N) is 2. The van der Waals surface area contributed by atoms with E-state index in [-0.39, 0.29) is 5.91 Å². The van der Waals surface area contributed by atoms with Crippen molar-refractivity contribution in [2.45, 2.75) is 44.6 Å². The lowest BCUT2D eigenvalue weighted by atomic mass is 9.89. The number of para-hydroxylation sites is 2. The van der Waals surface area contributed by atoms with Gasteiger partial charge >= 0.3 is 0 Å². The molecule has 2 aliphatic rings. The average Bonchev–Trinajstić information content (AvgIpc) is 2.54. The molecule has 1 aromatic rings. The number of rotatable bonds is 3. The Balaban J connectivity index is 1.67. The van der Waals surface area contributed by atoms with Gasteiger partial charge < -0.3 is 15.4 Å². The van der Waals surface area contributed by atoms with E-state index in [9.17, 15) is 9.59 Å². The Hall–Kier alpha value is -2.04. The van der Waals surface area contributed by atoms with Crippen molar-refractivity contribution in [1.29, 1.82) is 0 Å². The van der Waals surface area contributed by atoms with Crippen LogP contribution in [0.5, 0.6) is 5.75 Å². The maximum atomic E-state index is 12.5. The van der Waals surface area contributed by atoms with Crippen molar-refractivity contribution in [2.75, 3.05) is 11.9 Å². The van der Waals surface area contributed by atoms with Gasteiger partial charge in [-0.2, -0.15) is 0 Å². The van der Waals surface area contributed by atoms with Crippen molar-refractivity contribution >= 4 is 17.5 Å². The molecule has 1 aliphatic heterocycles. The minimum absolute atomic E-state index is 0.370. The van der Waals surface area contributed by atoms with Crippen molar-refractivity contribution in [3.05, 3.63) is 24.3 Å². The highest BCUT2D eigenvalue weighted by molar-refractivity contribution is 6.15. The maximum absolute atomic E-state index is 12.5. The zero-order valence-electron chi connectivity index (χ0n) is 12.9. The van der Waals surface area contributed by atoms with Crippen LogP contribution in [0.4, 0.5) is 5.69 Å². The Kier molecular flexibility index (Phi) is 4.05. The number of hydrogen-bond acceptors (Lipinski definition) is 3. The predicted octanol–water partition coefficient (Wildman–Crippen LogP) is 2.47. The molecule has 1 saturated carbocycles. The fraction of sp³-hybridized carbons (Fsp3) is 0.529. The minimum atomic E-state index is -1.51. The molecule has 5 heteroatoms. The molecule has 1 atom stereocenters. The van der Waals surface area contributed by atoms with Gasteiger partial charge in [0, 0.05) is 6.54 Å². The lowest BCUT2D eigenvalue weighted by molar-refractivity contribution is -0.146. The monoisotopic (exact) mass is 302 g/mol. The van der Waals surface area contributed by atoms with Crippen molar-refractivity contribution in [3.63, 3.8) is 0 Å². The van der Waals surface area contributed by atoms with Crippen LogP contribution in [-0.4, -0.2) is 24.0 Å². The van der Waals surface area contributed by atoms with Crippen molar-refractivity contribution < 1.29 is 14.3 Å². The fourth-order valence-electron chi connectivity index (χ4n) is 3.11. The molecular formula is C17H22N2O3. The van der Waals surface area contributed by atoms with E-state index in [1.165, 1.54) is 26.2 Å². The summed E-state index contributed by atoms with van der Waals surface area (Å²) in [5, 5.41) is 5.64. The van der Waals surface area contributed by atoms with Crippen LogP contribution in [0.25, 0.3) is 0 Å². The second-order valence-corrected chi connectivity index (χ2v) is 6.30. The largest absolute Gasteiger partial charge is 0.466 e. The Bertz CT molecular complexity index is 581. The molecule has 1 fully saturated rings. The van der Waals surface area contributed by atoms with E-state index in [1.807, 2.05) is 12.1 Å². The van der Waals surface area contributed by atoms with Crippen molar-refractivity contribution in [2.24, 2.45) is 5.92 Å². The smallest absolute Gasteiger partial charge is 0.278 e. The number of amides is 2. The standard InChI is InChI=1S/C17H22N2O3/c1-17(15(20)18-11-12-7-3-2-4-8-12)16(21)19-13-9-5-6-10-14(13)22-17/h5-6,9-10,12H,2-4,7-8,11H2,1H3,(H,18,20)(H,19,21). The van der Waals surface area contributed by atoms with Gasteiger partial charge in [0.05, 0.1) is 5.69 Å². The first-order chi connectivity index (χ1) is 10.6. The summed E-state index contributed by atoms with van der Waals surface area (Å²) in [7, 11) is 0. The molecule has 0 saturated heterocycles. The predicted molar refractivity (Wildman–Crippen MR) is 83.7 cm³/mol. The van der Waals surface area contributed by atoms with E-state index in [0.717, 1.165) is 12.8 Å². The third-order valence-corrected chi connectivity index (χ3v) is 4.59. The van der Waals surface area contributed by atoms with Crippen molar-refractivity contribution in [1.82, 2.24) is 5.32 Å². The molecule has 3 rings (SSSR count). The molecule has 0 aromatic heterocycles. The van der Waals surface area contributed by atoms with E-state index in [0.29, 0.717) is 23.9 Å². The first-order valence-corrected chi connectivity index (χ1v) is 7.97. The van der Waals surface area contributed by atoms with Crippen LogP contribution in [0.3, 0.4) is 0 Å². The van der Waals surface area contributed by atoms with Gasteiger partial charge in [-0.25, -0.2) is 0 Å².